The minimum atomic E-state index is -0.237. The molecule has 0 bridgehead atoms. The van der Waals surface area contributed by atoms with Gasteiger partial charge in [0.05, 0.1) is 22.6 Å². The van der Waals surface area contributed by atoms with Gasteiger partial charge in [-0.1, -0.05) is 11.6 Å². The average molecular weight is 261 g/mol. The summed E-state index contributed by atoms with van der Waals surface area (Å²) in [5.74, 6) is -0.140. The molecule has 2 aromatic carbocycles. The number of anilines is 3. The maximum absolute atomic E-state index is 12.0. The normalized spacial score (nSPS) is 12.8. The lowest BCUT2D eigenvalue weighted by molar-refractivity contribution is 0.102. The smallest absolute Gasteiger partial charge is 0.257 e. The van der Waals surface area contributed by atoms with Crippen LogP contribution >= 0.6 is 11.6 Å². The molecule has 3 rings (SSSR count). The van der Waals surface area contributed by atoms with Crippen LogP contribution in [0.2, 0.25) is 5.02 Å². The number of phenolic OH excluding ortho intramolecular Hbond substituents is 1. The SMILES string of the molecule is O=C1Nc2cc(O)ccc2Nc2cc(Cl)ccc21. The molecule has 90 valence electrons. The zero-order chi connectivity index (χ0) is 12.7. The molecular weight excluding hydrogens is 252 g/mol. The average Bonchev–Trinajstić information content (AvgIpc) is 2.44. The Hall–Kier alpha value is -2.20. The van der Waals surface area contributed by atoms with Crippen molar-refractivity contribution in [3.63, 3.8) is 0 Å². The first-order chi connectivity index (χ1) is 8.63. The van der Waals surface area contributed by atoms with Gasteiger partial charge in [-0.25, -0.2) is 0 Å². The van der Waals surface area contributed by atoms with Gasteiger partial charge in [-0.3, -0.25) is 4.79 Å². The Labute approximate surface area is 108 Å². The molecule has 0 aliphatic carbocycles. The Morgan fingerprint density at radius 3 is 2.61 bits per heavy atom. The van der Waals surface area contributed by atoms with Crippen molar-refractivity contribution in [1.29, 1.82) is 0 Å². The lowest BCUT2D eigenvalue weighted by Crippen LogP contribution is -2.10. The van der Waals surface area contributed by atoms with E-state index in [-0.39, 0.29) is 11.7 Å². The fourth-order valence-electron chi connectivity index (χ4n) is 1.90. The number of halogens is 1. The van der Waals surface area contributed by atoms with E-state index in [4.69, 9.17) is 11.6 Å². The van der Waals surface area contributed by atoms with Gasteiger partial charge in [0, 0.05) is 11.1 Å². The minimum Gasteiger partial charge on any atom is -0.508 e. The molecule has 0 fully saturated rings. The van der Waals surface area contributed by atoms with E-state index in [2.05, 4.69) is 10.6 Å². The van der Waals surface area contributed by atoms with Crippen LogP contribution in [-0.4, -0.2) is 11.0 Å². The molecule has 0 atom stereocenters. The van der Waals surface area contributed by atoms with Gasteiger partial charge in [0.1, 0.15) is 5.75 Å². The number of aromatic hydroxyl groups is 1. The molecule has 5 heteroatoms. The third-order valence-corrected chi connectivity index (χ3v) is 2.98. The quantitative estimate of drug-likeness (QED) is 0.637. The molecule has 0 aromatic heterocycles. The minimum absolute atomic E-state index is 0.0971. The molecule has 1 heterocycles. The number of phenols is 1. The van der Waals surface area contributed by atoms with E-state index in [1.807, 2.05) is 0 Å². The Morgan fingerprint density at radius 1 is 0.944 bits per heavy atom. The molecule has 0 spiro atoms. The molecule has 1 aliphatic heterocycles. The Bertz CT molecular complexity index is 655. The van der Waals surface area contributed by atoms with Crippen LogP contribution in [0.5, 0.6) is 5.75 Å². The lowest BCUT2D eigenvalue weighted by Gasteiger charge is -2.08. The fraction of sp³-hybridized carbons (Fsp3) is 0. The van der Waals surface area contributed by atoms with E-state index in [0.717, 1.165) is 0 Å². The van der Waals surface area contributed by atoms with Crippen LogP contribution in [0.15, 0.2) is 36.4 Å². The van der Waals surface area contributed by atoms with Crippen molar-refractivity contribution in [2.45, 2.75) is 0 Å². The molecule has 18 heavy (non-hydrogen) atoms. The molecule has 1 amide bonds. The monoisotopic (exact) mass is 260 g/mol. The standard InChI is InChI=1S/C13H9ClN2O2/c14-7-1-3-9-11(5-7)15-10-4-2-8(17)6-12(10)16-13(9)18/h1-6,15,17H,(H,16,18). The number of carbonyl (C=O) groups excluding carboxylic acids is 1. The summed E-state index contributed by atoms with van der Waals surface area (Å²) in [4.78, 5) is 12.0. The van der Waals surface area contributed by atoms with Crippen molar-refractivity contribution in [1.82, 2.24) is 0 Å². The zero-order valence-corrected chi connectivity index (χ0v) is 9.95. The van der Waals surface area contributed by atoms with Crippen molar-refractivity contribution in [2.24, 2.45) is 0 Å². The first-order valence-corrected chi connectivity index (χ1v) is 5.72. The van der Waals surface area contributed by atoms with Crippen molar-refractivity contribution < 1.29 is 9.90 Å². The lowest BCUT2D eigenvalue weighted by atomic mass is 10.1. The molecular formula is C13H9ClN2O2. The number of carbonyl (C=O) groups is 1. The van der Waals surface area contributed by atoms with Gasteiger partial charge >= 0.3 is 0 Å². The summed E-state index contributed by atoms with van der Waals surface area (Å²) in [5.41, 5.74) is 2.40. The van der Waals surface area contributed by atoms with Gasteiger partial charge in [-0.05, 0) is 30.3 Å². The van der Waals surface area contributed by atoms with Crippen LogP contribution in [0, 0.1) is 0 Å². The highest BCUT2D eigenvalue weighted by Crippen LogP contribution is 2.35. The van der Waals surface area contributed by atoms with E-state index in [1.54, 1.807) is 30.3 Å². The van der Waals surface area contributed by atoms with Crippen LogP contribution < -0.4 is 10.6 Å². The highest BCUT2D eigenvalue weighted by Gasteiger charge is 2.19. The molecule has 0 unspecified atom stereocenters. The number of fused-ring (bicyclic) bond motifs is 2. The summed E-state index contributed by atoms with van der Waals surface area (Å²) in [5, 5.41) is 15.8. The second-order valence-electron chi connectivity index (χ2n) is 4.00. The summed E-state index contributed by atoms with van der Waals surface area (Å²) in [7, 11) is 0. The molecule has 4 nitrogen and oxygen atoms in total. The molecule has 0 saturated carbocycles. The Morgan fingerprint density at radius 2 is 1.78 bits per heavy atom. The number of amides is 1. The van der Waals surface area contributed by atoms with Crippen molar-refractivity contribution in [2.75, 3.05) is 10.6 Å². The summed E-state index contributed by atoms with van der Waals surface area (Å²) >= 11 is 5.92. The van der Waals surface area contributed by atoms with Gasteiger partial charge in [-0.2, -0.15) is 0 Å². The van der Waals surface area contributed by atoms with E-state index in [9.17, 15) is 9.90 Å². The van der Waals surface area contributed by atoms with Crippen LogP contribution in [0.3, 0.4) is 0 Å². The Balaban J connectivity index is 2.17. The van der Waals surface area contributed by atoms with Crippen LogP contribution in [0.25, 0.3) is 0 Å². The van der Waals surface area contributed by atoms with Gasteiger partial charge in [0.15, 0.2) is 0 Å². The van der Waals surface area contributed by atoms with E-state index < -0.39 is 0 Å². The molecule has 1 aliphatic rings. The first kappa shape index (κ1) is 10.9. The Kier molecular flexibility index (Phi) is 2.38. The van der Waals surface area contributed by atoms with Gasteiger partial charge < -0.3 is 15.7 Å². The predicted molar refractivity (Wildman–Crippen MR) is 70.8 cm³/mol. The van der Waals surface area contributed by atoms with Crippen molar-refractivity contribution in [3.05, 3.63) is 47.0 Å². The summed E-state index contributed by atoms with van der Waals surface area (Å²) in [6.07, 6.45) is 0. The highest BCUT2D eigenvalue weighted by molar-refractivity contribution is 6.31. The van der Waals surface area contributed by atoms with E-state index in [1.165, 1.54) is 6.07 Å². The largest absolute Gasteiger partial charge is 0.508 e. The fourth-order valence-corrected chi connectivity index (χ4v) is 2.07. The van der Waals surface area contributed by atoms with Crippen LogP contribution in [-0.2, 0) is 0 Å². The number of benzene rings is 2. The second kappa shape index (κ2) is 3.92. The maximum Gasteiger partial charge on any atom is 0.257 e. The number of hydrogen-bond donors (Lipinski definition) is 3. The summed E-state index contributed by atoms with van der Waals surface area (Å²) in [6, 6.07) is 9.75. The summed E-state index contributed by atoms with van der Waals surface area (Å²) < 4.78 is 0. The van der Waals surface area contributed by atoms with Gasteiger partial charge in [-0.15, -0.1) is 0 Å². The molecule has 0 radical (unpaired) electrons. The maximum atomic E-state index is 12.0. The molecule has 0 saturated heterocycles. The van der Waals surface area contributed by atoms with E-state index >= 15 is 0 Å². The third kappa shape index (κ3) is 1.76. The van der Waals surface area contributed by atoms with Crippen LogP contribution in [0.1, 0.15) is 10.4 Å². The van der Waals surface area contributed by atoms with Crippen molar-refractivity contribution in [3.8, 4) is 5.75 Å². The second-order valence-corrected chi connectivity index (χ2v) is 4.44. The highest BCUT2D eigenvalue weighted by atomic mass is 35.5. The predicted octanol–water partition coefficient (Wildman–Crippen LogP) is 3.35. The van der Waals surface area contributed by atoms with Crippen molar-refractivity contribution >= 4 is 34.6 Å². The zero-order valence-electron chi connectivity index (χ0n) is 9.20. The number of hydrogen-bond acceptors (Lipinski definition) is 3. The van der Waals surface area contributed by atoms with Gasteiger partial charge in [0.25, 0.3) is 5.91 Å². The number of rotatable bonds is 0. The summed E-state index contributed by atoms with van der Waals surface area (Å²) in [6.45, 7) is 0. The third-order valence-electron chi connectivity index (χ3n) is 2.75. The molecule has 2 aromatic rings. The molecule has 3 N–H and O–H groups in total. The first-order valence-electron chi connectivity index (χ1n) is 5.34. The number of nitrogens with one attached hydrogen (secondary N) is 2. The van der Waals surface area contributed by atoms with E-state index in [0.29, 0.717) is 27.6 Å². The van der Waals surface area contributed by atoms with Gasteiger partial charge in [0.2, 0.25) is 0 Å². The van der Waals surface area contributed by atoms with Crippen LogP contribution in [0.4, 0.5) is 17.1 Å². The topological polar surface area (TPSA) is 61.4 Å².